The van der Waals surface area contributed by atoms with Gasteiger partial charge < -0.3 is 20.1 Å². The van der Waals surface area contributed by atoms with Crippen LogP contribution in [0.15, 0.2) is 30.3 Å². The number of hydrogen-bond acceptors (Lipinski definition) is 5. The van der Waals surface area contributed by atoms with Crippen molar-refractivity contribution in [3.63, 3.8) is 0 Å². The van der Waals surface area contributed by atoms with Crippen LogP contribution in [0.25, 0.3) is 6.08 Å². The summed E-state index contributed by atoms with van der Waals surface area (Å²) in [6.45, 7) is 1.67. The molecule has 1 aliphatic rings. The fourth-order valence-electron chi connectivity index (χ4n) is 2.09. The van der Waals surface area contributed by atoms with E-state index in [1.807, 2.05) is 12.1 Å². The SMILES string of the molecule is COc1ccc(/C=C/C(=O)NCCC(=O)O[C@H](C)C(=O)NC2CC2)cc1. The summed E-state index contributed by atoms with van der Waals surface area (Å²) in [5.41, 5.74) is 0.857. The van der Waals surface area contributed by atoms with Crippen LogP contribution in [0, 0.1) is 0 Å². The third-order valence-corrected chi connectivity index (χ3v) is 3.77. The zero-order valence-corrected chi connectivity index (χ0v) is 15.0. The maximum atomic E-state index is 11.7. The molecular formula is C19H24N2O5. The molecule has 1 atom stereocenters. The monoisotopic (exact) mass is 360 g/mol. The van der Waals surface area contributed by atoms with Crippen LogP contribution in [0.5, 0.6) is 5.75 Å². The number of ether oxygens (including phenoxy) is 2. The molecule has 1 aromatic carbocycles. The van der Waals surface area contributed by atoms with Gasteiger partial charge in [-0.3, -0.25) is 14.4 Å². The van der Waals surface area contributed by atoms with Crippen LogP contribution in [0.2, 0.25) is 0 Å². The molecule has 0 aromatic heterocycles. The Labute approximate surface area is 152 Å². The Hall–Kier alpha value is -2.83. The first-order chi connectivity index (χ1) is 12.5. The largest absolute Gasteiger partial charge is 0.497 e. The van der Waals surface area contributed by atoms with Crippen molar-refractivity contribution in [1.29, 1.82) is 0 Å². The third kappa shape index (κ3) is 6.96. The normalized spacial score (nSPS) is 14.5. The number of amides is 2. The fourth-order valence-corrected chi connectivity index (χ4v) is 2.09. The lowest BCUT2D eigenvalue weighted by molar-refractivity contribution is -0.154. The number of nitrogens with one attached hydrogen (secondary N) is 2. The van der Waals surface area contributed by atoms with Crippen molar-refractivity contribution in [2.45, 2.75) is 38.3 Å². The van der Waals surface area contributed by atoms with Gasteiger partial charge in [0.2, 0.25) is 5.91 Å². The number of esters is 1. The van der Waals surface area contributed by atoms with Crippen molar-refractivity contribution in [2.24, 2.45) is 0 Å². The molecule has 0 unspecified atom stereocenters. The van der Waals surface area contributed by atoms with E-state index in [0.717, 1.165) is 24.2 Å². The molecule has 140 valence electrons. The Balaban J connectivity index is 1.64. The van der Waals surface area contributed by atoms with Gasteiger partial charge >= 0.3 is 5.97 Å². The highest BCUT2D eigenvalue weighted by atomic mass is 16.5. The number of carbonyl (C=O) groups is 3. The lowest BCUT2D eigenvalue weighted by Crippen LogP contribution is -2.37. The van der Waals surface area contributed by atoms with E-state index >= 15 is 0 Å². The van der Waals surface area contributed by atoms with E-state index in [2.05, 4.69) is 10.6 Å². The number of benzene rings is 1. The van der Waals surface area contributed by atoms with Crippen LogP contribution in [-0.4, -0.2) is 43.6 Å². The summed E-state index contributed by atoms with van der Waals surface area (Å²) < 4.78 is 10.1. The van der Waals surface area contributed by atoms with Gasteiger partial charge in [-0.05, 0) is 43.5 Å². The maximum Gasteiger partial charge on any atom is 0.308 e. The van der Waals surface area contributed by atoms with Crippen molar-refractivity contribution in [1.82, 2.24) is 10.6 Å². The van der Waals surface area contributed by atoms with Crippen LogP contribution < -0.4 is 15.4 Å². The minimum Gasteiger partial charge on any atom is -0.497 e. The smallest absolute Gasteiger partial charge is 0.308 e. The van der Waals surface area contributed by atoms with Gasteiger partial charge in [0.25, 0.3) is 5.91 Å². The molecule has 1 aliphatic carbocycles. The van der Waals surface area contributed by atoms with Gasteiger partial charge in [0.15, 0.2) is 6.10 Å². The van der Waals surface area contributed by atoms with Crippen LogP contribution in [0.3, 0.4) is 0 Å². The minimum absolute atomic E-state index is 0.00314. The van der Waals surface area contributed by atoms with Gasteiger partial charge in [-0.15, -0.1) is 0 Å². The number of methoxy groups -OCH3 is 1. The average Bonchev–Trinajstić information content (AvgIpc) is 3.44. The first-order valence-electron chi connectivity index (χ1n) is 8.57. The van der Waals surface area contributed by atoms with Gasteiger partial charge in [-0.2, -0.15) is 0 Å². The molecule has 1 fully saturated rings. The highest BCUT2D eigenvalue weighted by Crippen LogP contribution is 2.18. The Morgan fingerprint density at radius 1 is 1.23 bits per heavy atom. The Morgan fingerprint density at radius 3 is 2.54 bits per heavy atom. The molecule has 0 heterocycles. The quantitative estimate of drug-likeness (QED) is 0.513. The highest BCUT2D eigenvalue weighted by molar-refractivity contribution is 5.92. The Bertz CT molecular complexity index is 665. The first kappa shape index (κ1) is 19.5. The van der Waals surface area contributed by atoms with Crippen molar-refractivity contribution in [2.75, 3.05) is 13.7 Å². The second-order valence-corrected chi connectivity index (χ2v) is 6.06. The number of rotatable bonds is 9. The third-order valence-electron chi connectivity index (χ3n) is 3.77. The molecule has 2 rings (SSSR count). The summed E-state index contributed by atoms with van der Waals surface area (Å²) in [6, 6.07) is 7.48. The summed E-state index contributed by atoms with van der Waals surface area (Å²) in [4.78, 5) is 35.1. The summed E-state index contributed by atoms with van der Waals surface area (Å²) in [5, 5.41) is 5.37. The van der Waals surface area contributed by atoms with Crippen LogP contribution in [0.1, 0.15) is 31.7 Å². The van der Waals surface area contributed by atoms with Crippen LogP contribution in [-0.2, 0) is 19.1 Å². The Morgan fingerprint density at radius 2 is 1.92 bits per heavy atom. The van der Waals surface area contributed by atoms with Crippen LogP contribution >= 0.6 is 0 Å². The fraction of sp³-hybridized carbons (Fsp3) is 0.421. The molecular weight excluding hydrogens is 336 g/mol. The lowest BCUT2D eigenvalue weighted by atomic mass is 10.2. The predicted molar refractivity (Wildman–Crippen MR) is 96.4 cm³/mol. The van der Waals surface area contributed by atoms with Gasteiger partial charge in [-0.1, -0.05) is 12.1 Å². The Kier molecular flexibility index (Phi) is 7.20. The molecule has 0 saturated heterocycles. The van der Waals surface area contributed by atoms with E-state index in [0.29, 0.717) is 0 Å². The number of hydrogen-bond donors (Lipinski definition) is 2. The van der Waals surface area contributed by atoms with Crippen LogP contribution in [0.4, 0.5) is 0 Å². The molecule has 7 heteroatoms. The number of carbonyl (C=O) groups excluding carboxylic acids is 3. The second kappa shape index (κ2) is 9.60. The van der Waals surface area contributed by atoms with Crippen molar-refractivity contribution in [3.8, 4) is 5.75 Å². The van der Waals surface area contributed by atoms with Gasteiger partial charge in [0.05, 0.1) is 13.5 Å². The van der Waals surface area contributed by atoms with Gasteiger partial charge in [0, 0.05) is 18.7 Å². The maximum absolute atomic E-state index is 11.7. The summed E-state index contributed by atoms with van der Waals surface area (Å²) in [6.07, 6.45) is 4.18. The molecule has 7 nitrogen and oxygen atoms in total. The zero-order valence-electron chi connectivity index (χ0n) is 15.0. The van der Waals surface area contributed by atoms with Crippen molar-refractivity contribution in [3.05, 3.63) is 35.9 Å². The second-order valence-electron chi connectivity index (χ2n) is 6.06. The summed E-state index contributed by atoms with van der Waals surface area (Å²) in [7, 11) is 1.59. The zero-order chi connectivity index (χ0) is 18.9. The molecule has 0 radical (unpaired) electrons. The van der Waals surface area contributed by atoms with E-state index in [1.54, 1.807) is 25.3 Å². The van der Waals surface area contributed by atoms with E-state index < -0.39 is 12.1 Å². The van der Waals surface area contributed by atoms with Gasteiger partial charge in [0.1, 0.15) is 5.75 Å². The first-order valence-corrected chi connectivity index (χ1v) is 8.57. The molecule has 0 bridgehead atoms. The van der Waals surface area contributed by atoms with E-state index in [4.69, 9.17) is 9.47 Å². The van der Waals surface area contributed by atoms with E-state index in [-0.39, 0.29) is 30.8 Å². The minimum atomic E-state index is -0.825. The highest BCUT2D eigenvalue weighted by Gasteiger charge is 2.27. The van der Waals surface area contributed by atoms with E-state index in [1.165, 1.54) is 13.0 Å². The molecule has 0 spiro atoms. The predicted octanol–water partition coefficient (Wildman–Crippen LogP) is 1.42. The average molecular weight is 360 g/mol. The van der Waals surface area contributed by atoms with Gasteiger partial charge in [-0.25, -0.2) is 0 Å². The lowest BCUT2D eigenvalue weighted by Gasteiger charge is -2.13. The standard InChI is InChI=1S/C19H24N2O5/c1-13(19(24)21-15-6-7-15)26-18(23)11-12-20-17(22)10-5-14-3-8-16(25-2)9-4-14/h3-5,8-10,13,15H,6-7,11-12H2,1-2H3,(H,20,22)(H,21,24)/b10-5+/t13-/m1/s1. The summed E-state index contributed by atoms with van der Waals surface area (Å²) in [5.74, 6) is -0.381. The molecule has 1 aromatic rings. The summed E-state index contributed by atoms with van der Waals surface area (Å²) >= 11 is 0. The topological polar surface area (TPSA) is 93.7 Å². The van der Waals surface area contributed by atoms with E-state index in [9.17, 15) is 14.4 Å². The molecule has 2 amide bonds. The molecule has 2 N–H and O–H groups in total. The van der Waals surface area contributed by atoms with Crippen molar-refractivity contribution < 1.29 is 23.9 Å². The van der Waals surface area contributed by atoms with Crippen molar-refractivity contribution >= 4 is 23.9 Å². The molecule has 26 heavy (non-hydrogen) atoms. The molecule has 1 saturated carbocycles. The molecule has 0 aliphatic heterocycles.